The van der Waals surface area contributed by atoms with Crippen LogP contribution in [0.4, 0.5) is 55.3 Å². The highest BCUT2D eigenvalue weighted by atomic mass is 16.6. The third-order valence-corrected chi connectivity index (χ3v) is 16.6. The molecule has 0 saturated heterocycles. The van der Waals surface area contributed by atoms with Crippen LogP contribution in [-0.2, 0) is 88.7 Å². The van der Waals surface area contributed by atoms with Gasteiger partial charge in [-0.25, -0.2) is 19.6 Å². The number of imidazole rings is 2. The van der Waals surface area contributed by atoms with Gasteiger partial charge in [-0.15, -0.1) is 0 Å². The molecule has 2 atom stereocenters. The van der Waals surface area contributed by atoms with Crippen molar-refractivity contribution in [2.75, 3.05) is 55.6 Å². The largest absolute Gasteiger partial charge is 0.445 e. The topological polar surface area (TPSA) is 433 Å². The van der Waals surface area contributed by atoms with Crippen LogP contribution in [-0.4, -0.2) is 143 Å². The zero-order chi connectivity index (χ0) is 75.6. The Kier molecular flexibility index (Phi) is 21.9. The lowest BCUT2D eigenvalue weighted by molar-refractivity contribution is -0.117. The van der Waals surface area contributed by atoms with Gasteiger partial charge in [-0.2, -0.15) is 0 Å². The van der Waals surface area contributed by atoms with E-state index in [0.29, 0.717) is 11.1 Å². The molecule has 2 aromatic carbocycles. The Labute approximate surface area is 603 Å². The van der Waals surface area contributed by atoms with Gasteiger partial charge in [0.25, 0.3) is 47.3 Å². The van der Waals surface area contributed by atoms with Crippen LogP contribution < -0.4 is 63.8 Å². The van der Waals surface area contributed by atoms with Crippen LogP contribution in [0.3, 0.4) is 0 Å². The van der Waals surface area contributed by atoms with Crippen LogP contribution in [0.5, 0.6) is 0 Å². The van der Waals surface area contributed by atoms with Gasteiger partial charge in [-0.05, 0) is 47.5 Å². The Balaban J connectivity index is 0.815. The van der Waals surface area contributed by atoms with Crippen molar-refractivity contribution >= 4 is 117 Å². The second-order valence-electron chi connectivity index (χ2n) is 24.9. The second kappa shape index (κ2) is 31.8. The van der Waals surface area contributed by atoms with Gasteiger partial charge >= 0.3 is 12.2 Å². The first kappa shape index (κ1) is 73.0. The van der Waals surface area contributed by atoms with Crippen LogP contribution in [0, 0.1) is 0 Å². The summed E-state index contributed by atoms with van der Waals surface area (Å²) in [6.07, 6.45) is 9.03. The third kappa shape index (κ3) is 18.1. The maximum atomic E-state index is 13.9. The first-order valence-electron chi connectivity index (χ1n) is 32.7. The first-order valence-corrected chi connectivity index (χ1v) is 32.7. The fourth-order valence-electron chi connectivity index (χ4n) is 11.4. The average Bonchev–Trinajstić information content (AvgIpc) is 1.68. The van der Waals surface area contributed by atoms with E-state index in [0.717, 1.165) is 0 Å². The Hall–Kier alpha value is -14.2. The van der Waals surface area contributed by atoms with E-state index < -0.39 is 96.2 Å². The molecule has 12 N–H and O–H groups in total. The van der Waals surface area contributed by atoms with E-state index in [4.69, 9.17) is 9.47 Å². The molecule has 1 aliphatic rings. The molecule has 16 bridgehead atoms. The molecule has 12 amide bonds. The molecule has 0 fully saturated rings. The van der Waals surface area contributed by atoms with E-state index in [-0.39, 0.29) is 118 Å². The van der Waals surface area contributed by atoms with Crippen molar-refractivity contribution in [2.24, 2.45) is 56.4 Å². The van der Waals surface area contributed by atoms with Crippen LogP contribution in [0.2, 0.25) is 0 Å². The average molecular weight is 1450 g/mol. The van der Waals surface area contributed by atoms with Gasteiger partial charge in [0.05, 0.1) is 46.2 Å². The molecule has 106 heavy (non-hydrogen) atoms. The van der Waals surface area contributed by atoms with Crippen LogP contribution in [0.1, 0.15) is 108 Å². The molecule has 0 radical (unpaired) electrons. The minimum Gasteiger partial charge on any atom is -0.445 e. The number of hydrogen-bond acceptors (Lipinski definition) is 16. The Bertz CT molecular complexity index is 4770. The number of carbonyl (C=O) groups is 12. The number of anilines is 8. The zero-order valence-corrected chi connectivity index (χ0v) is 58.4. The molecule has 10 aromatic rings. The number of aryl methyl sites for hydroxylation is 8. The molecule has 0 aliphatic carbocycles. The highest BCUT2D eigenvalue weighted by Gasteiger charge is 2.28. The monoisotopic (exact) mass is 1450 g/mol. The number of rotatable bonds is 6. The number of fused-ring (bicyclic) bond motifs is 16. The van der Waals surface area contributed by atoms with E-state index in [1.165, 1.54) is 137 Å². The number of ether oxygens (including phenoxy) is 2. The van der Waals surface area contributed by atoms with Gasteiger partial charge in [-0.3, -0.25) is 47.9 Å². The van der Waals surface area contributed by atoms with Crippen molar-refractivity contribution < 1.29 is 67.0 Å². The highest BCUT2D eigenvalue weighted by molar-refractivity contribution is 6.11. The van der Waals surface area contributed by atoms with Crippen LogP contribution in [0.25, 0.3) is 0 Å². The van der Waals surface area contributed by atoms with E-state index in [1.807, 2.05) is 0 Å². The summed E-state index contributed by atoms with van der Waals surface area (Å²) in [5.74, 6) is -6.96. The molecular weight excluding hydrogens is 1370 g/mol. The number of hydrogen-bond donors (Lipinski definition) is 12. The molecule has 36 heteroatoms. The Morgan fingerprint density at radius 3 is 0.906 bits per heavy atom. The fourth-order valence-corrected chi connectivity index (χ4v) is 11.4. The van der Waals surface area contributed by atoms with Crippen LogP contribution in [0.15, 0.2) is 147 Å². The van der Waals surface area contributed by atoms with E-state index in [2.05, 4.69) is 73.8 Å². The minimum atomic E-state index is -1.09. The number of nitrogens with zero attached hydrogens (tertiary/aromatic N) is 10. The number of amides is 12. The Morgan fingerprint density at radius 1 is 0.358 bits per heavy atom. The summed E-state index contributed by atoms with van der Waals surface area (Å²) >= 11 is 0. The van der Waals surface area contributed by atoms with Crippen molar-refractivity contribution in [3.8, 4) is 0 Å². The first-order chi connectivity index (χ1) is 50.6. The third-order valence-electron chi connectivity index (χ3n) is 16.6. The van der Waals surface area contributed by atoms with Gasteiger partial charge in [0.15, 0.2) is 11.6 Å². The molecule has 8 aromatic heterocycles. The quantitative estimate of drug-likeness (QED) is 0.103. The fraction of sp³-hybridized carbons (Fsp3) is 0.229. The lowest BCUT2D eigenvalue weighted by Gasteiger charge is -2.19. The maximum Gasteiger partial charge on any atom is 0.407 e. The van der Waals surface area contributed by atoms with Crippen molar-refractivity contribution in [3.05, 3.63) is 204 Å². The Morgan fingerprint density at radius 2 is 0.623 bits per heavy atom. The standard InChI is InChI=1S/C70H74N22O14/c1-85-29-43-19-49(85)61(95)71-27-41(79-69(103)105-37-39-15-11-9-12-16-39)25-57(93)81-55-35-91(7)59(83-55)67(101)78-48-24-54(90(6)34-48)66(100)76-46-22-52(88(4)32-46)64(98)74-44-20-50(86(2)30-44)62(96)72-28-42(80-70(104)106-38-40-17-13-10-14-18-40)26-58(94)82-56-36-92(8)60(84-56)68(102)77-47-23-53(89(5)33-47)65(99)75-45-21-51(63(97)73-43)87(3)31-45/h9-24,29-36,41-42H,25-28,37-38H2,1-8H3,(H,71,95)(H,72,96)(H,73,97)(H,74,98)(H,75,99)(H,76,100)(H,77,102)(H,78,101)(H,79,103)(H,80,104)(H,81,93)(H,82,94)/t41-,42-/m1/s1. The molecule has 0 spiro atoms. The summed E-state index contributed by atoms with van der Waals surface area (Å²) in [7, 11) is 12.5. The van der Waals surface area contributed by atoms with Crippen molar-refractivity contribution in [1.82, 2.24) is 67.8 Å². The smallest absolute Gasteiger partial charge is 0.407 e. The van der Waals surface area contributed by atoms with Gasteiger partial charge < -0.3 is 110 Å². The maximum absolute atomic E-state index is 13.9. The number of nitrogens with one attached hydrogen (secondary N) is 12. The summed E-state index contributed by atoms with van der Waals surface area (Å²) < 4.78 is 22.3. The van der Waals surface area contributed by atoms with E-state index >= 15 is 0 Å². The number of alkyl carbamates (subject to hydrolysis) is 2. The summed E-state index contributed by atoms with van der Waals surface area (Å²) in [4.78, 5) is 173. The van der Waals surface area contributed by atoms with Gasteiger partial charge in [0.2, 0.25) is 23.5 Å². The summed E-state index contributed by atoms with van der Waals surface area (Å²) in [6, 6.07) is 24.0. The molecular formula is C70H74N22O14. The normalized spacial score (nSPS) is 15.5. The molecule has 0 unspecified atom stereocenters. The minimum absolute atomic E-state index is 0.0453. The molecule has 36 nitrogen and oxygen atoms in total. The molecule has 0 saturated carbocycles. The predicted octanol–water partition coefficient (Wildman–Crippen LogP) is 5.12. The van der Waals surface area contributed by atoms with Crippen molar-refractivity contribution in [2.45, 2.75) is 38.1 Å². The lowest BCUT2D eigenvalue weighted by Crippen LogP contribution is -2.45. The summed E-state index contributed by atoms with van der Waals surface area (Å²) in [5, 5.41) is 32.4. The van der Waals surface area contributed by atoms with Crippen LogP contribution >= 0.6 is 0 Å². The summed E-state index contributed by atoms with van der Waals surface area (Å²) in [5.41, 5.74) is 3.18. The van der Waals surface area contributed by atoms with E-state index in [1.54, 1.807) is 103 Å². The lowest BCUT2D eigenvalue weighted by atomic mass is 10.2. The van der Waals surface area contributed by atoms with Gasteiger partial charge in [-0.1, -0.05) is 60.7 Å². The van der Waals surface area contributed by atoms with Crippen molar-refractivity contribution in [3.63, 3.8) is 0 Å². The van der Waals surface area contributed by atoms with E-state index in [9.17, 15) is 57.5 Å². The van der Waals surface area contributed by atoms with Gasteiger partial charge in [0.1, 0.15) is 47.4 Å². The molecule has 1 aliphatic heterocycles. The SMILES string of the molecule is Cn1cc2cc1C(=O)NC[C@H](NC(=O)OCc1ccccc1)CC(=O)Nc1cn(C)c(n1)C(=O)Nc1cc(n(C)c1)C(=O)Nc1cc(n(C)c1)C(=O)Nc1cc(n(C)c1)C(=O)NC[C@H](NC(=O)OCc1ccccc1)CC(=O)Nc1cn(C)c(n1)C(=O)Nc1cc(n(C)c1)C(=O)Nc1cc(n(C)c1)C(=O)N2. The predicted molar refractivity (Wildman–Crippen MR) is 385 cm³/mol. The molecule has 11 rings (SSSR count). The number of benzene rings is 2. The highest BCUT2D eigenvalue weighted by Crippen LogP contribution is 2.24. The number of aromatic nitrogens is 10. The molecule has 9 heterocycles. The summed E-state index contributed by atoms with van der Waals surface area (Å²) in [6.45, 7) is -0.828. The number of carbonyl (C=O) groups excluding carboxylic acids is 12. The zero-order valence-electron chi connectivity index (χ0n) is 58.4. The van der Waals surface area contributed by atoms with Crippen molar-refractivity contribution in [1.29, 1.82) is 0 Å². The van der Waals surface area contributed by atoms with Gasteiger partial charge in [0, 0.05) is 132 Å². The molecule has 548 valence electrons. The second-order valence-corrected chi connectivity index (χ2v) is 24.9.